The third-order valence-corrected chi connectivity index (χ3v) is 16.4. The molecule has 1 unspecified atom stereocenters. The Labute approximate surface area is 488 Å². The van der Waals surface area contributed by atoms with Gasteiger partial charge in [0.2, 0.25) is 0 Å². The van der Waals surface area contributed by atoms with Crippen molar-refractivity contribution >= 4 is 11.9 Å². The molecule has 0 aliphatic carbocycles. The van der Waals surface area contributed by atoms with Gasteiger partial charge in [-0.15, -0.1) is 0 Å². The molecule has 0 saturated heterocycles. The average Bonchev–Trinajstić information content (AvgIpc) is 3.44. The van der Waals surface area contributed by atoms with Crippen LogP contribution in [-0.4, -0.2) is 36.4 Å². The van der Waals surface area contributed by atoms with E-state index < -0.39 is 6.10 Å². The molecule has 0 aromatic heterocycles. The number of aliphatic hydroxyl groups is 1. The zero-order valence-corrected chi connectivity index (χ0v) is 53.0. The molecule has 0 saturated carbocycles. The minimum absolute atomic E-state index is 0.0581. The Hall–Kier alpha value is -1.88. The first kappa shape index (κ1) is 76.1. The Morgan fingerprint density at radius 1 is 0.295 bits per heavy atom. The summed E-state index contributed by atoms with van der Waals surface area (Å²) in [5.41, 5.74) is 0. The van der Waals surface area contributed by atoms with E-state index in [-0.39, 0.29) is 25.2 Å². The maximum absolute atomic E-state index is 12.4. The quantitative estimate of drug-likeness (QED) is 0.0373. The zero-order chi connectivity index (χ0) is 56.2. The van der Waals surface area contributed by atoms with Crippen LogP contribution < -0.4 is 0 Å². The molecule has 5 nitrogen and oxygen atoms in total. The first-order valence-electron chi connectivity index (χ1n) is 35.5. The van der Waals surface area contributed by atoms with Crippen LogP contribution in [0.25, 0.3) is 0 Å². The molecule has 0 heterocycles. The Bertz CT molecular complexity index is 1240. The highest BCUT2D eigenvalue weighted by atomic mass is 16.6. The van der Waals surface area contributed by atoms with Crippen molar-refractivity contribution < 1.29 is 24.2 Å². The van der Waals surface area contributed by atoms with Gasteiger partial charge < -0.3 is 14.6 Å². The van der Waals surface area contributed by atoms with Crippen LogP contribution >= 0.6 is 0 Å². The summed E-state index contributed by atoms with van der Waals surface area (Å²) in [5, 5.41) is 9.70. The van der Waals surface area contributed by atoms with Crippen LogP contribution in [0.2, 0.25) is 0 Å². The molecular weight excluding hydrogens is 957 g/mol. The molecule has 1 N–H and O–H groups in total. The number of ether oxygens (including phenoxy) is 2. The van der Waals surface area contributed by atoms with Crippen molar-refractivity contribution in [3.05, 3.63) is 36.5 Å². The molecule has 0 rings (SSSR count). The molecular formula is C73H138O5. The Morgan fingerprint density at radius 3 is 0.769 bits per heavy atom. The number of carbonyl (C=O) groups is 2. The van der Waals surface area contributed by atoms with E-state index in [0.717, 1.165) is 44.9 Å². The molecule has 0 amide bonds. The number of allylic oxidation sites excluding steroid dienone is 6. The number of unbranched alkanes of at least 4 members (excludes halogenated alkanes) is 53. The van der Waals surface area contributed by atoms with Crippen molar-refractivity contribution in [2.75, 3.05) is 13.2 Å². The molecule has 5 heteroatoms. The fourth-order valence-electron chi connectivity index (χ4n) is 11.1. The van der Waals surface area contributed by atoms with Crippen molar-refractivity contribution in [3.63, 3.8) is 0 Å². The standard InChI is InChI=1S/C73H138O5/c1-3-5-7-9-11-13-15-17-19-21-23-25-27-29-31-32-33-34-35-36-37-38-39-40-42-44-46-48-50-52-54-56-58-60-62-64-66-68-73(76)78-71(69-74)70-77-72(75)67-65-63-61-59-57-55-53-51-49-47-45-43-41-30-28-26-24-22-20-18-16-14-12-10-8-6-4-2/h15,17,21,23,27,29,71,74H,3-14,16,18-20,22,24-26,28,30-70H2,1-2H3/b17-15-,23-21-,29-27-. The molecule has 0 bridgehead atoms. The second kappa shape index (κ2) is 69.4. The normalized spacial score (nSPS) is 12.3. The van der Waals surface area contributed by atoms with Crippen LogP contribution in [0.5, 0.6) is 0 Å². The second-order valence-corrected chi connectivity index (χ2v) is 24.3. The van der Waals surface area contributed by atoms with Gasteiger partial charge in [0.15, 0.2) is 6.10 Å². The van der Waals surface area contributed by atoms with Gasteiger partial charge in [-0.05, 0) is 51.4 Å². The smallest absolute Gasteiger partial charge is 0.306 e. The van der Waals surface area contributed by atoms with E-state index in [1.165, 1.54) is 327 Å². The molecule has 0 aliphatic rings. The summed E-state index contributed by atoms with van der Waals surface area (Å²) in [7, 11) is 0. The van der Waals surface area contributed by atoms with Crippen molar-refractivity contribution in [2.45, 2.75) is 405 Å². The Morgan fingerprint density at radius 2 is 0.513 bits per heavy atom. The molecule has 78 heavy (non-hydrogen) atoms. The fourth-order valence-corrected chi connectivity index (χ4v) is 11.1. The summed E-state index contributed by atoms with van der Waals surface area (Å²) in [4.78, 5) is 24.6. The number of hydrogen-bond acceptors (Lipinski definition) is 5. The summed E-state index contributed by atoms with van der Waals surface area (Å²) >= 11 is 0. The van der Waals surface area contributed by atoms with Crippen LogP contribution in [0, 0.1) is 0 Å². The van der Waals surface area contributed by atoms with Crippen molar-refractivity contribution in [1.82, 2.24) is 0 Å². The van der Waals surface area contributed by atoms with Crippen LogP contribution in [0.4, 0.5) is 0 Å². The van der Waals surface area contributed by atoms with Gasteiger partial charge in [-0.25, -0.2) is 0 Å². The SMILES string of the molecule is CCCCCCC/C=C\C/C=C\C/C=C\CCCCCCCCCCCCCCCCCCCCCCCCC(=O)OC(CO)COC(=O)CCCCCCCCCCCCCCCCCCCCCCCCCCCCC. The predicted molar refractivity (Wildman–Crippen MR) is 344 cm³/mol. The van der Waals surface area contributed by atoms with Gasteiger partial charge >= 0.3 is 11.9 Å². The van der Waals surface area contributed by atoms with Crippen LogP contribution in [0.1, 0.15) is 399 Å². The van der Waals surface area contributed by atoms with E-state index in [9.17, 15) is 14.7 Å². The van der Waals surface area contributed by atoms with Gasteiger partial charge in [0.05, 0.1) is 6.61 Å². The van der Waals surface area contributed by atoms with Crippen molar-refractivity contribution in [3.8, 4) is 0 Å². The number of esters is 2. The summed E-state index contributed by atoms with van der Waals surface area (Å²) < 4.78 is 10.8. The highest BCUT2D eigenvalue weighted by Gasteiger charge is 2.16. The Kier molecular flexibility index (Phi) is 67.7. The lowest BCUT2D eigenvalue weighted by atomic mass is 10.0. The van der Waals surface area contributed by atoms with E-state index >= 15 is 0 Å². The molecule has 0 aromatic rings. The maximum atomic E-state index is 12.4. The van der Waals surface area contributed by atoms with Crippen molar-refractivity contribution in [1.29, 1.82) is 0 Å². The van der Waals surface area contributed by atoms with Crippen molar-refractivity contribution in [2.24, 2.45) is 0 Å². The molecule has 0 aromatic carbocycles. The number of carbonyl (C=O) groups excluding carboxylic acids is 2. The molecule has 1 atom stereocenters. The topological polar surface area (TPSA) is 72.8 Å². The minimum Gasteiger partial charge on any atom is -0.462 e. The lowest BCUT2D eigenvalue weighted by Crippen LogP contribution is -2.28. The second-order valence-electron chi connectivity index (χ2n) is 24.3. The highest BCUT2D eigenvalue weighted by Crippen LogP contribution is 2.19. The van der Waals surface area contributed by atoms with E-state index in [2.05, 4.69) is 50.3 Å². The van der Waals surface area contributed by atoms with Gasteiger partial charge in [-0.3, -0.25) is 9.59 Å². The summed E-state index contributed by atoms with van der Waals surface area (Å²) in [6.45, 7) is 4.20. The Balaban J connectivity index is 3.38. The summed E-state index contributed by atoms with van der Waals surface area (Å²) in [5.74, 6) is -0.564. The third kappa shape index (κ3) is 66.6. The first-order valence-corrected chi connectivity index (χ1v) is 35.5. The number of rotatable bonds is 67. The van der Waals surface area contributed by atoms with Gasteiger partial charge in [0.25, 0.3) is 0 Å². The fraction of sp³-hybridized carbons (Fsp3) is 0.890. The van der Waals surface area contributed by atoms with E-state index in [1.54, 1.807) is 0 Å². The lowest BCUT2D eigenvalue weighted by molar-refractivity contribution is -0.161. The van der Waals surface area contributed by atoms with Gasteiger partial charge in [-0.2, -0.15) is 0 Å². The number of hydrogen-bond donors (Lipinski definition) is 1. The van der Waals surface area contributed by atoms with E-state index in [4.69, 9.17) is 9.47 Å². The van der Waals surface area contributed by atoms with Crippen LogP contribution in [-0.2, 0) is 19.1 Å². The highest BCUT2D eigenvalue weighted by molar-refractivity contribution is 5.70. The monoisotopic (exact) mass is 1100 g/mol. The molecule has 460 valence electrons. The lowest BCUT2D eigenvalue weighted by Gasteiger charge is -2.15. The van der Waals surface area contributed by atoms with Crippen LogP contribution in [0.3, 0.4) is 0 Å². The third-order valence-electron chi connectivity index (χ3n) is 16.4. The first-order chi connectivity index (χ1) is 38.6. The summed E-state index contributed by atoms with van der Waals surface area (Å²) in [6.07, 6.45) is 91.9. The minimum atomic E-state index is -0.769. The molecule has 0 radical (unpaired) electrons. The van der Waals surface area contributed by atoms with E-state index in [1.807, 2.05) is 0 Å². The molecule has 0 aliphatic heterocycles. The number of aliphatic hydroxyl groups excluding tert-OH is 1. The molecule has 0 spiro atoms. The van der Waals surface area contributed by atoms with Crippen LogP contribution in [0.15, 0.2) is 36.5 Å². The van der Waals surface area contributed by atoms with E-state index in [0.29, 0.717) is 12.8 Å². The van der Waals surface area contributed by atoms with Gasteiger partial charge in [0.1, 0.15) is 6.61 Å². The zero-order valence-electron chi connectivity index (χ0n) is 53.0. The largest absolute Gasteiger partial charge is 0.462 e. The maximum Gasteiger partial charge on any atom is 0.306 e. The predicted octanol–water partition coefficient (Wildman–Crippen LogP) is 24.5. The average molecular weight is 1100 g/mol. The van der Waals surface area contributed by atoms with Gasteiger partial charge in [0, 0.05) is 12.8 Å². The van der Waals surface area contributed by atoms with Gasteiger partial charge in [-0.1, -0.05) is 371 Å². The summed E-state index contributed by atoms with van der Waals surface area (Å²) in [6, 6.07) is 0. The molecule has 0 fully saturated rings.